The number of tetrazole rings is 1. The van der Waals surface area contributed by atoms with Gasteiger partial charge in [0, 0.05) is 31.7 Å². The van der Waals surface area contributed by atoms with Crippen LogP contribution in [0, 0.1) is 5.92 Å². The minimum absolute atomic E-state index is 0.0295. The molecule has 1 N–H and O–H groups in total. The van der Waals surface area contributed by atoms with Crippen LogP contribution in [0.1, 0.15) is 18.4 Å². The quantitative estimate of drug-likeness (QED) is 0.850. The molecule has 0 aromatic carbocycles. The SMILES string of the molecule is O=C(NCCn1cnnn1)C1CCN(c2ccc(C(F)(F)F)cn2)CC1. The predicted molar refractivity (Wildman–Crippen MR) is 85.0 cm³/mol. The van der Waals surface area contributed by atoms with Gasteiger partial charge in [0.1, 0.15) is 12.1 Å². The van der Waals surface area contributed by atoms with E-state index in [2.05, 4.69) is 25.8 Å². The fourth-order valence-corrected chi connectivity index (χ4v) is 2.83. The van der Waals surface area contributed by atoms with Crippen molar-refractivity contribution in [1.29, 1.82) is 0 Å². The molecule has 1 aliphatic heterocycles. The van der Waals surface area contributed by atoms with E-state index in [1.807, 2.05) is 4.90 Å². The van der Waals surface area contributed by atoms with Crippen molar-refractivity contribution in [3.05, 3.63) is 30.2 Å². The van der Waals surface area contributed by atoms with Gasteiger partial charge in [0.15, 0.2) is 0 Å². The van der Waals surface area contributed by atoms with Crippen LogP contribution in [0.3, 0.4) is 0 Å². The lowest BCUT2D eigenvalue weighted by molar-refractivity contribution is -0.137. The van der Waals surface area contributed by atoms with Gasteiger partial charge in [-0.3, -0.25) is 4.79 Å². The Balaban J connectivity index is 1.45. The lowest BCUT2D eigenvalue weighted by Gasteiger charge is -2.32. The number of aromatic nitrogens is 5. The highest BCUT2D eigenvalue weighted by atomic mass is 19.4. The summed E-state index contributed by atoms with van der Waals surface area (Å²) in [5, 5.41) is 13.6. The molecule has 26 heavy (non-hydrogen) atoms. The first kappa shape index (κ1) is 18.1. The zero-order valence-corrected chi connectivity index (χ0v) is 13.9. The molecule has 0 saturated carbocycles. The number of anilines is 1. The summed E-state index contributed by atoms with van der Waals surface area (Å²) in [7, 11) is 0. The van der Waals surface area contributed by atoms with Crippen LogP contribution in [0.4, 0.5) is 19.0 Å². The van der Waals surface area contributed by atoms with Crippen LogP contribution < -0.4 is 10.2 Å². The lowest BCUT2D eigenvalue weighted by Crippen LogP contribution is -2.41. The number of pyridine rings is 1. The Morgan fingerprint density at radius 2 is 2.04 bits per heavy atom. The molecule has 1 amide bonds. The minimum atomic E-state index is -4.39. The first-order chi connectivity index (χ1) is 12.4. The van der Waals surface area contributed by atoms with Gasteiger partial charge in [0.05, 0.1) is 12.1 Å². The van der Waals surface area contributed by atoms with Crippen molar-refractivity contribution < 1.29 is 18.0 Å². The molecule has 8 nitrogen and oxygen atoms in total. The molecule has 0 bridgehead atoms. The lowest BCUT2D eigenvalue weighted by atomic mass is 9.96. The van der Waals surface area contributed by atoms with Gasteiger partial charge in [-0.05, 0) is 35.4 Å². The molecule has 2 aromatic heterocycles. The van der Waals surface area contributed by atoms with Gasteiger partial charge in [-0.15, -0.1) is 5.10 Å². The average molecular weight is 369 g/mol. The Morgan fingerprint density at radius 3 is 2.62 bits per heavy atom. The molecule has 140 valence electrons. The van der Waals surface area contributed by atoms with Crippen LogP contribution >= 0.6 is 0 Å². The number of halogens is 3. The summed E-state index contributed by atoms with van der Waals surface area (Å²) in [6.45, 7) is 2.07. The maximum atomic E-state index is 12.6. The van der Waals surface area contributed by atoms with Crippen molar-refractivity contribution in [2.24, 2.45) is 5.92 Å². The molecule has 1 aliphatic rings. The summed E-state index contributed by atoms with van der Waals surface area (Å²) in [5.41, 5.74) is -0.766. The molecular formula is C15H18F3N7O. The maximum Gasteiger partial charge on any atom is 0.417 e. The summed E-state index contributed by atoms with van der Waals surface area (Å²) in [4.78, 5) is 18.0. The van der Waals surface area contributed by atoms with E-state index in [4.69, 9.17) is 0 Å². The third-order valence-electron chi connectivity index (χ3n) is 4.30. The predicted octanol–water partition coefficient (Wildman–Crippen LogP) is 1.12. The number of carbonyl (C=O) groups excluding carboxylic acids is 1. The van der Waals surface area contributed by atoms with Gasteiger partial charge in [0.2, 0.25) is 5.91 Å². The zero-order valence-electron chi connectivity index (χ0n) is 13.9. The van der Waals surface area contributed by atoms with Crippen molar-refractivity contribution in [2.75, 3.05) is 24.5 Å². The third kappa shape index (κ3) is 4.46. The molecule has 3 heterocycles. The van der Waals surface area contributed by atoms with Gasteiger partial charge >= 0.3 is 6.18 Å². The summed E-state index contributed by atoms with van der Waals surface area (Å²) in [5.74, 6) is 0.350. The van der Waals surface area contributed by atoms with Crippen molar-refractivity contribution in [2.45, 2.75) is 25.6 Å². The van der Waals surface area contributed by atoms with Crippen LogP contribution in [-0.2, 0) is 17.5 Å². The molecule has 1 saturated heterocycles. The highest BCUT2D eigenvalue weighted by Gasteiger charge is 2.31. The van der Waals surface area contributed by atoms with E-state index in [1.165, 1.54) is 17.1 Å². The van der Waals surface area contributed by atoms with E-state index in [0.29, 0.717) is 44.8 Å². The Labute approximate surface area is 147 Å². The summed E-state index contributed by atoms with van der Waals surface area (Å²) >= 11 is 0. The van der Waals surface area contributed by atoms with Gasteiger partial charge < -0.3 is 10.2 Å². The second kappa shape index (κ2) is 7.67. The summed E-state index contributed by atoms with van der Waals surface area (Å²) in [6, 6.07) is 2.40. The van der Waals surface area contributed by atoms with E-state index in [1.54, 1.807) is 0 Å². The van der Waals surface area contributed by atoms with Crippen LogP contribution in [-0.4, -0.2) is 50.7 Å². The van der Waals surface area contributed by atoms with E-state index in [-0.39, 0.29) is 11.8 Å². The van der Waals surface area contributed by atoms with Crippen molar-refractivity contribution >= 4 is 11.7 Å². The Kier molecular flexibility index (Phi) is 5.33. The Hall–Kier alpha value is -2.72. The Morgan fingerprint density at radius 1 is 1.27 bits per heavy atom. The molecule has 3 rings (SSSR count). The molecule has 11 heteroatoms. The van der Waals surface area contributed by atoms with E-state index < -0.39 is 11.7 Å². The monoisotopic (exact) mass is 369 g/mol. The molecule has 0 aliphatic carbocycles. The van der Waals surface area contributed by atoms with Crippen molar-refractivity contribution in [3.8, 4) is 0 Å². The van der Waals surface area contributed by atoms with E-state index in [0.717, 1.165) is 12.3 Å². The first-order valence-electron chi connectivity index (χ1n) is 8.20. The molecule has 1 fully saturated rings. The summed E-state index contributed by atoms with van der Waals surface area (Å²) in [6.07, 6.45) is -0.827. The molecule has 0 radical (unpaired) electrons. The largest absolute Gasteiger partial charge is 0.417 e. The number of rotatable bonds is 5. The van der Waals surface area contributed by atoms with Gasteiger partial charge in [-0.1, -0.05) is 0 Å². The van der Waals surface area contributed by atoms with Crippen LogP contribution in [0.2, 0.25) is 0 Å². The number of alkyl halides is 3. The molecule has 0 unspecified atom stereocenters. The standard InChI is InChI=1S/C15H18F3N7O/c16-15(17,18)12-1-2-13(20-9-12)24-6-3-11(4-7-24)14(26)19-5-8-25-10-21-22-23-25/h1-2,9-11H,3-8H2,(H,19,26). The number of hydrogen-bond acceptors (Lipinski definition) is 6. The van der Waals surface area contributed by atoms with E-state index in [9.17, 15) is 18.0 Å². The third-order valence-corrected chi connectivity index (χ3v) is 4.30. The zero-order chi connectivity index (χ0) is 18.6. The first-order valence-corrected chi connectivity index (χ1v) is 8.20. The number of nitrogens with zero attached hydrogens (tertiary/aromatic N) is 6. The van der Waals surface area contributed by atoms with Crippen molar-refractivity contribution in [1.82, 2.24) is 30.5 Å². The van der Waals surface area contributed by atoms with E-state index >= 15 is 0 Å². The normalized spacial score (nSPS) is 15.9. The smallest absolute Gasteiger partial charge is 0.357 e. The number of amides is 1. The second-order valence-corrected chi connectivity index (χ2v) is 6.03. The molecule has 2 aromatic rings. The fourth-order valence-electron chi connectivity index (χ4n) is 2.83. The van der Waals surface area contributed by atoms with Crippen LogP contribution in [0.25, 0.3) is 0 Å². The Bertz CT molecular complexity index is 710. The average Bonchev–Trinajstić information content (AvgIpc) is 3.15. The number of piperidine rings is 1. The summed E-state index contributed by atoms with van der Waals surface area (Å²) < 4.78 is 39.3. The van der Waals surface area contributed by atoms with Gasteiger partial charge in [0.25, 0.3) is 0 Å². The number of nitrogens with one attached hydrogen (secondary N) is 1. The van der Waals surface area contributed by atoms with Crippen LogP contribution in [0.5, 0.6) is 0 Å². The number of hydrogen-bond donors (Lipinski definition) is 1. The fraction of sp³-hybridized carbons (Fsp3) is 0.533. The molecule has 0 atom stereocenters. The number of carbonyl (C=O) groups is 1. The maximum absolute atomic E-state index is 12.6. The van der Waals surface area contributed by atoms with Crippen molar-refractivity contribution in [3.63, 3.8) is 0 Å². The molecule has 0 spiro atoms. The molecular weight excluding hydrogens is 351 g/mol. The topological polar surface area (TPSA) is 88.8 Å². The van der Waals surface area contributed by atoms with Gasteiger partial charge in [-0.2, -0.15) is 13.2 Å². The minimum Gasteiger partial charge on any atom is -0.357 e. The van der Waals surface area contributed by atoms with Gasteiger partial charge in [-0.25, -0.2) is 9.67 Å². The second-order valence-electron chi connectivity index (χ2n) is 6.03. The highest BCUT2D eigenvalue weighted by Crippen LogP contribution is 2.30. The van der Waals surface area contributed by atoms with Crippen LogP contribution in [0.15, 0.2) is 24.7 Å². The highest BCUT2D eigenvalue weighted by molar-refractivity contribution is 5.78.